The third-order valence-electron chi connectivity index (χ3n) is 1.79. The van der Waals surface area contributed by atoms with Gasteiger partial charge in [-0.05, 0) is 20.1 Å². The van der Waals surface area contributed by atoms with Crippen LogP contribution >= 0.6 is 0 Å². The van der Waals surface area contributed by atoms with Crippen LogP contribution < -0.4 is 10.6 Å². The summed E-state index contributed by atoms with van der Waals surface area (Å²) in [6.07, 6.45) is 1.94. The van der Waals surface area contributed by atoms with Gasteiger partial charge >= 0.3 is 0 Å². The van der Waals surface area contributed by atoms with Gasteiger partial charge < -0.3 is 10.6 Å². The van der Waals surface area contributed by atoms with Crippen molar-refractivity contribution >= 4 is 9.52 Å². The highest BCUT2D eigenvalue weighted by atomic mass is 28.2. The van der Waals surface area contributed by atoms with E-state index in [4.69, 9.17) is 0 Å². The van der Waals surface area contributed by atoms with Gasteiger partial charge in [-0.25, -0.2) is 0 Å². The lowest BCUT2D eigenvalue weighted by atomic mass is 10.6. The Balaban J connectivity index is 3.09. The molecular weight excluding hydrogens is 140 g/mol. The topological polar surface area (TPSA) is 24.1 Å². The Hall–Kier alpha value is 0.137. The van der Waals surface area contributed by atoms with E-state index in [2.05, 4.69) is 17.6 Å². The molecular formula is C7H20N2Si. The summed E-state index contributed by atoms with van der Waals surface area (Å²) >= 11 is 0. The van der Waals surface area contributed by atoms with Crippen LogP contribution in [0.1, 0.15) is 13.3 Å². The Labute approximate surface area is 66.6 Å². The molecule has 2 N–H and O–H groups in total. The summed E-state index contributed by atoms with van der Waals surface area (Å²) < 4.78 is 0. The summed E-state index contributed by atoms with van der Waals surface area (Å²) in [5.74, 6) is 0. The van der Waals surface area contributed by atoms with Crippen molar-refractivity contribution in [3.63, 3.8) is 0 Å². The predicted octanol–water partition coefficient (Wildman–Crippen LogP) is 0.167. The fraction of sp³-hybridized carbons (Fsp3) is 1.00. The molecule has 0 fully saturated rings. The van der Waals surface area contributed by atoms with Crippen molar-refractivity contribution in [1.82, 2.24) is 10.6 Å². The van der Waals surface area contributed by atoms with Crippen molar-refractivity contribution in [2.24, 2.45) is 0 Å². The lowest BCUT2D eigenvalue weighted by Gasteiger charge is -2.13. The first kappa shape index (κ1) is 10.1. The number of hydrogen-bond acceptors (Lipinski definition) is 2. The summed E-state index contributed by atoms with van der Waals surface area (Å²) in [5.41, 5.74) is 0. The van der Waals surface area contributed by atoms with Gasteiger partial charge in [-0.3, -0.25) is 0 Å². The SMILES string of the molecule is CCC[SiH2]CC(NC)NC. The molecule has 3 heteroatoms. The molecule has 10 heavy (non-hydrogen) atoms. The Kier molecular flexibility index (Phi) is 7.35. The minimum atomic E-state index is 0.217. The monoisotopic (exact) mass is 160 g/mol. The van der Waals surface area contributed by atoms with Gasteiger partial charge in [-0.15, -0.1) is 0 Å². The van der Waals surface area contributed by atoms with E-state index in [1.807, 2.05) is 14.1 Å². The summed E-state index contributed by atoms with van der Waals surface area (Å²) in [6, 6.07) is 2.86. The van der Waals surface area contributed by atoms with E-state index >= 15 is 0 Å². The lowest BCUT2D eigenvalue weighted by Crippen LogP contribution is -2.38. The number of nitrogens with one attached hydrogen (secondary N) is 2. The lowest BCUT2D eigenvalue weighted by molar-refractivity contribution is 0.534. The van der Waals surface area contributed by atoms with Crippen LogP contribution in [0, 0.1) is 0 Å². The Morgan fingerprint density at radius 2 is 1.90 bits per heavy atom. The third kappa shape index (κ3) is 4.96. The minimum Gasteiger partial charge on any atom is -0.305 e. The van der Waals surface area contributed by atoms with E-state index in [0.717, 1.165) is 0 Å². The van der Waals surface area contributed by atoms with Crippen LogP contribution in [0.5, 0.6) is 0 Å². The zero-order chi connectivity index (χ0) is 7.82. The third-order valence-corrected chi connectivity index (χ3v) is 3.99. The maximum absolute atomic E-state index is 3.23. The van der Waals surface area contributed by atoms with Gasteiger partial charge in [-0.1, -0.05) is 19.4 Å². The molecule has 0 spiro atoms. The predicted molar refractivity (Wildman–Crippen MR) is 50.4 cm³/mol. The molecule has 2 nitrogen and oxygen atoms in total. The maximum Gasteiger partial charge on any atom is 0.0537 e. The van der Waals surface area contributed by atoms with Crippen molar-refractivity contribution in [3.8, 4) is 0 Å². The molecule has 0 aliphatic rings. The molecule has 0 aromatic carbocycles. The molecule has 0 unspecified atom stereocenters. The molecule has 0 saturated heterocycles. The van der Waals surface area contributed by atoms with Crippen LogP contribution in [0.15, 0.2) is 0 Å². The highest BCUT2D eigenvalue weighted by molar-refractivity contribution is 6.35. The molecule has 0 aromatic rings. The van der Waals surface area contributed by atoms with Gasteiger partial charge in [0.25, 0.3) is 0 Å². The largest absolute Gasteiger partial charge is 0.305 e. The van der Waals surface area contributed by atoms with Gasteiger partial charge in [0, 0.05) is 9.52 Å². The molecule has 0 radical (unpaired) electrons. The molecule has 0 bridgehead atoms. The van der Waals surface area contributed by atoms with Crippen LogP contribution in [0.25, 0.3) is 0 Å². The molecule has 0 saturated carbocycles. The standard InChI is InChI=1S/C7H20N2Si/c1-4-5-10-6-7(8-2)9-3/h7-9H,4-6,10H2,1-3H3. The molecule has 0 amide bonds. The zero-order valence-corrected chi connectivity index (χ0v) is 8.82. The van der Waals surface area contributed by atoms with Crippen LogP contribution in [-0.4, -0.2) is 29.8 Å². The van der Waals surface area contributed by atoms with Crippen LogP contribution in [0.4, 0.5) is 0 Å². The van der Waals surface area contributed by atoms with E-state index in [0.29, 0.717) is 6.17 Å². The zero-order valence-electron chi connectivity index (χ0n) is 7.41. The second-order valence-electron chi connectivity index (χ2n) is 2.63. The van der Waals surface area contributed by atoms with E-state index in [1.165, 1.54) is 18.5 Å². The molecule has 0 aromatic heterocycles. The Bertz CT molecular complexity index is 64.6. The summed E-state index contributed by atoms with van der Waals surface area (Å²) in [6.45, 7) is 2.26. The van der Waals surface area contributed by atoms with Gasteiger partial charge in [0.2, 0.25) is 0 Å². The van der Waals surface area contributed by atoms with Crippen LogP contribution in [0.2, 0.25) is 12.1 Å². The summed E-state index contributed by atoms with van der Waals surface area (Å²) in [4.78, 5) is 0. The van der Waals surface area contributed by atoms with Gasteiger partial charge in [0.1, 0.15) is 0 Å². The second kappa shape index (κ2) is 7.25. The first-order chi connectivity index (χ1) is 4.85. The molecule has 0 atom stereocenters. The van der Waals surface area contributed by atoms with Crippen molar-refractivity contribution in [3.05, 3.63) is 0 Å². The first-order valence-corrected chi connectivity index (χ1v) is 6.19. The smallest absolute Gasteiger partial charge is 0.0537 e. The molecule has 0 heterocycles. The van der Waals surface area contributed by atoms with Crippen molar-refractivity contribution in [1.29, 1.82) is 0 Å². The van der Waals surface area contributed by atoms with E-state index in [-0.39, 0.29) is 9.52 Å². The Morgan fingerprint density at radius 3 is 2.30 bits per heavy atom. The van der Waals surface area contributed by atoms with Crippen molar-refractivity contribution in [2.75, 3.05) is 14.1 Å². The summed E-state index contributed by atoms with van der Waals surface area (Å²) in [5, 5.41) is 6.47. The maximum atomic E-state index is 3.23. The number of rotatable bonds is 6. The molecule has 62 valence electrons. The van der Waals surface area contributed by atoms with E-state index in [1.54, 1.807) is 0 Å². The number of hydrogen-bond donors (Lipinski definition) is 2. The fourth-order valence-electron chi connectivity index (χ4n) is 1.03. The second-order valence-corrected chi connectivity index (χ2v) is 4.62. The fourth-order valence-corrected chi connectivity index (χ4v) is 2.81. The Morgan fingerprint density at radius 1 is 1.30 bits per heavy atom. The van der Waals surface area contributed by atoms with Gasteiger partial charge in [0.15, 0.2) is 0 Å². The highest BCUT2D eigenvalue weighted by Gasteiger charge is 1.99. The quantitative estimate of drug-likeness (QED) is 0.329. The van der Waals surface area contributed by atoms with Crippen LogP contribution in [0.3, 0.4) is 0 Å². The van der Waals surface area contributed by atoms with Crippen molar-refractivity contribution in [2.45, 2.75) is 31.6 Å². The average Bonchev–Trinajstić information content (AvgIpc) is 1.99. The highest BCUT2D eigenvalue weighted by Crippen LogP contribution is 1.92. The normalized spacial score (nSPS) is 12.0. The summed E-state index contributed by atoms with van der Waals surface area (Å²) in [7, 11) is 4.25. The van der Waals surface area contributed by atoms with E-state index in [9.17, 15) is 0 Å². The van der Waals surface area contributed by atoms with Crippen LogP contribution in [-0.2, 0) is 0 Å². The van der Waals surface area contributed by atoms with Gasteiger partial charge in [0.05, 0.1) is 6.17 Å². The van der Waals surface area contributed by atoms with Crippen molar-refractivity contribution < 1.29 is 0 Å². The van der Waals surface area contributed by atoms with E-state index < -0.39 is 0 Å². The molecule has 0 aliphatic carbocycles. The average molecular weight is 160 g/mol. The van der Waals surface area contributed by atoms with Gasteiger partial charge in [-0.2, -0.15) is 0 Å². The molecule has 0 rings (SSSR count). The minimum absolute atomic E-state index is 0.217. The molecule has 0 aliphatic heterocycles. The first-order valence-electron chi connectivity index (χ1n) is 4.19.